The zero-order chi connectivity index (χ0) is 21.8. The number of hydrogen-bond donors (Lipinski definition) is 0. The van der Waals surface area contributed by atoms with Crippen LogP contribution in [0.1, 0.15) is 56.9 Å². The Bertz CT molecular complexity index is 856. The summed E-state index contributed by atoms with van der Waals surface area (Å²) in [4.78, 5) is 31.0. The third-order valence-electron chi connectivity index (χ3n) is 9.36. The fraction of sp³-hybridized carbons (Fsp3) is 0.704. The van der Waals surface area contributed by atoms with Crippen molar-refractivity contribution < 1.29 is 14.3 Å². The third kappa shape index (κ3) is 3.39. The Labute approximate surface area is 191 Å². The van der Waals surface area contributed by atoms with Gasteiger partial charge in [0.05, 0.1) is 18.6 Å². The second-order valence-corrected chi connectivity index (χ2v) is 11.4. The van der Waals surface area contributed by atoms with Gasteiger partial charge in [-0.2, -0.15) is 0 Å². The van der Waals surface area contributed by atoms with Crippen LogP contribution in [-0.2, 0) is 19.7 Å². The molecule has 1 aromatic carbocycles. The van der Waals surface area contributed by atoms with Crippen molar-refractivity contribution in [1.29, 1.82) is 0 Å². The van der Waals surface area contributed by atoms with Gasteiger partial charge in [0, 0.05) is 32.1 Å². The molecule has 5 heteroatoms. The number of benzene rings is 1. The van der Waals surface area contributed by atoms with Crippen LogP contribution in [0.3, 0.4) is 0 Å². The van der Waals surface area contributed by atoms with E-state index < -0.39 is 0 Å². The van der Waals surface area contributed by atoms with Crippen LogP contribution in [0.25, 0.3) is 0 Å². The lowest BCUT2D eigenvalue weighted by atomic mass is 9.42. The summed E-state index contributed by atoms with van der Waals surface area (Å²) < 4.78 is 5.40. The number of ether oxygens (including phenoxy) is 1. The maximum atomic E-state index is 14.0. The van der Waals surface area contributed by atoms with Gasteiger partial charge in [-0.3, -0.25) is 9.59 Å². The minimum Gasteiger partial charge on any atom is -0.378 e. The number of carbonyl (C=O) groups is 2. The first kappa shape index (κ1) is 20.7. The Hall–Kier alpha value is -1.88. The molecule has 2 heterocycles. The van der Waals surface area contributed by atoms with Gasteiger partial charge in [-0.15, -0.1) is 0 Å². The second kappa shape index (κ2) is 7.86. The van der Waals surface area contributed by atoms with E-state index in [-0.39, 0.29) is 22.7 Å². The van der Waals surface area contributed by atoms with Crippen LogP contribution in [-0.4, -0.2) is 61.0 Å². The fourth-order valence-corrected chi connectivity index (χ4v) is 8.35. The highest BCUT2D eigenvalue weighted by Crippen LogP contribution is 2.66. The van der Waals surface area contributed by atoms with Gasteiger partial charge in [-0.1, -0.05) is 30.3 Å². The van der Waals surface area contributed by atoms with Crippen LogP contribution in [0, 0.1) is 23.2 Å². The normalized spacial score (nSPS) is 37.0. The minimum absolute atomic E-state index is 0.0733. The molecule has 5 nitrogen and oxygen atoms in total. The lowest BCUT2D eigenvalue weighted by Gasteiger charge is -2.62. The predicted molar refractivity (Wildman–Crippen MR) is 122 cm³/mol. The van der Waals surface area contributed by atoms with Crippen molar-refractivity contribution in [3.63, 3.8) is 0 Å². The van der Waals surface area contributed by atoms with Crippen molar-refractivity contribution in [3.8, 4) is 0 Å². The van der Waals surface area contributed by atoms with Crippen LogP contribution >= 0.6 is 0 Å². The van der Waals surface area contributed by atoms with Gasteiger partial charge in [-0.25, -0.2) is 0 Å². The van der Waals surface area contributed by atoms with Crippen molar-refractivity contribution in [1.82, 2.24) is 9.80 Å². The van der Waals surface area contributed by atoms with Crippen LogP contribution in [0.2, 0.25) is 0 Å². The molecule has 6 aliphatic rings. The molecule has 2 saturated heterocycles. The quantitative estimate of drug-likeness (QED) is 0.727. The summed E-state index contributed by atoms with van der Waals surface area (Å²) >= 11 is 0. The summed E-state index contributed by atoms with van der Waals surface area (Å²) in [5.74, 6) is 2.15. The molecule has 0 aromatic heterocycles. The zero-order valence-electron chi connectivity index (χ0n) is 19.1. The summed E-state index contributed by atoms with van der Waals surface area (Å²) in [5.41, 5.74) is 1.49. The molecule has 1 aromatic rings. The molecule has 172 valence electrons. The lowest BCUT2D eigenvalue weighted by Crippen LogP contribution is -2.60. The number of amides is 2. The Morgan fingerprint density at radius 3 is 2.16 bits per heavy atom. The van der Waals surface area contributed by atoms with E-state index in [1.165, 1.54) is 24.8 Å². The summed E-state index contributed by atoms with van der Waals surface area (Å²) in [6.45, 7) is 4.22. The maximum Gasteiger partial charge on any atom is 0.228 e. The van der Waals surface area contributed by atoms with Crippen molar-refractivity contribution in [2.45, 2.75) is 56.8 Å². The largest absolute Gasteiger partial charge is 0.378 e. The van der Waals surface area contributed by atoms with Gasteiger partial charge >= 0.3 is 0 Å². The highest BCUT2D eigenvalue weighted by molar-refractivity contribution is 5.84. The van der Waals surface area contributed by atoms with Gasteiger partial charge < -0.3 is 14.5 Å². The first-order chi connectivity index (χ1) is 15.6. The topological polar surface area (TPSA) is 49.9 Å². The van der Waals surface area contributed by atoms with Crippen LogP contribution < -0.4 is 0 Å². The number of morpholine rings is 1. The number of hydrogen-bond acceptors (Lipinski definition) is 3. The number of likely N-dealkylation sites (tertiary alicyclic amines) is 1. The molecule has 4 bridgehead atoms. The van der Waals surface area contributed by atoms with Crippen LogP contribution in [0.15, 0.2) is 30.3 Å². The molecule has 0 N–H and O–H groups in total. The van der Waals surface area contributed by atoms with Crippen molar-refractivity contribution in [2.75, 3.05) is 39.4 Å². The zero-order valence-corrected chi connectivity index (χ0v) is 19.1. The van der Waals surface area contributed by atoms with Gasteiger partial charge in [0.1, 0.15) is 0 Å². The number of nitrogens with zero attached hydrogens (tertiary/aromatic N) is 2. The second-order valence-electron chi connectivity index (χ2n) is 11.4. The molecule has 2 aliphatic heterocycles. The number of piperidine rings is 1. The molecule has 32 heavy (non-hydrogen) atoms. The average molecular weight is 437 g/mol. The van der Waals surface area contributed by atoms with Crippen molar-refractivity contribution >= 4 is 11.8 Å². The monoisotopic (exact) mass is 436 g/mol. The number of carbonyl (C=O) groups excluding carboxylic acids is 2. The van der Waals surface area contributed by atoms with E-state index in [1.807, 2.05) is 4.90 Å². The van der Waals surface area contributed by atoms with Crippen molar-refractivity contribution in [2.24, 2.45) is 23.2 Å². The average Bonchev–Trinajstić information content (AvgIpc) is 2.83. The van der Waals surface area contributed by atoms with Crippen LogP contribution in [0.4, 0.5) is 0 Å². The summed E-state index contributed by atoms with van der Waals surface area (Å²) in [5, 5.41) is 0. The van der Waals surface area contributed by atoms with Gasteiger partial charge in [0.15, 0.2) is 0 Å². The fourth-order valence-electron chi connectivity index (χ4n) is 8.35. The molecule has 4 saturated carbocycles. The Balaban J connectivity index is 1.16. The molecule has 4 aliphatic carbocycles. The van der Waals surface area contributed by atoms with Gasteiger partial charge in [0.2, 0.25) is 11.8 Å². The summed E-state index contributed by atoms with van der Waals surface area (Å²) in [6, 6.07) is 11.0. The van der Waals surface area contributed by atoms with E-state index >= 15 is 0 Å². The van der Waals surface area contributed by atoms with E-state index in [4.69, 9.17) is 4.74 Å². The SMILES string of the molecule is O=C(C1CCN(C(=O)C23CC4CC(C2)CC(c2ccccc2)(C4)C3)CC1)N1CCOCC1. The molecule has 0 spiro atoms. The Kier molecular flexibility index (Phi) is 5.09. The Morgan fingerprint density at radius 1 is 0.844 bits per heavy atom. The Morgan fingerprint density at radius 2 is 1.50 bits per heavy atom. The van der Waals surface area contributed by atoms with Crippen molar-refractivity contribution in [3.05, 3.63) is 35.9 Å². The molecule has 6 fully saturated rings. The molecular weight excluding hydrogens is 400 g/mol. The summed E-state index contributed by atoms with van der Waals surface area (Å²) in [7, 11) is 0. The van der Waals surface area contributed by atoms with E-state index in [0.29, 0.717) is 44.0 Å². The molecular formula is C27H36N2O3. The van der Waals surface area contributed by atoms with E-state index in [9.17, 15) is 9.59 Å². The molecule has 2 amide bonds. The first-order valence-electron chi connectivity index (χ1n) is 12.8. The van der Waals surface area contributed by atoms with E-state index in [0.717, 1.165) is 45.2 Å². The highest BCUT2D eigenvalue weighted by Gasteiger charge is 2.61. The third-order valence-corrected chi connectivity index (χ3v) is 9.36. The van der Waals surface area contributed by atoms with E-state index in [1.54, 1.807) is 0 Å². The maximum absolute atomic E-state index is 14.0. The predicted octanol–water partition coefficient (Wildman–Crippen LogP) is 3.62. The molecule has 7 rings (SSSR count). The molecule has 2 unspecified atom stereocenters. The molecule has 2 atom stereocenters. The first-order valence-corrected chi connectivity index (χ1v) is 12.8. The minimum atomic E-state index is -0.166. The van der Waals surface area contributed by atoms with Gasteiger partial charge in [0.25, 0.3) is 0 Å². The standard InChI is InChI=1S/C27H36N2O3/c30-24(28-10-12-32-13-11-28)22-6-8-29(9-7-22)25(31)27-17-20-14-21(18-27)16-26(15-20,19-27)23-4-2-1-3-5-23/h1-5,20-22H,6-19H2. The number of rotatable bonds is 3. The van der Waals surface area contributed by atoms with Gasteiger partial charge in [-0.05, 0) is 74.2 Å². The highest BCUT2D eigenvalue weighted by atomic mass is 16.5. The lowest BCUT2D eigenvalue weighted by molar-refractivity contribution is -0.163. The smallest absolute Gasteiger partial charge is 0.228 e. The van der Waals surface area contributed by atoms with E-state index in [2.05, 4.69) is 35.2 Å². The van der Waals surface area contributed by atoms with Crippen LogP contribution in [0.5, 0.6) is 0 Å². The summed E-state index contributed by atoms with van der Waals surface area (Å²) in [6.07, 6.45) is 8.68. The molecule has 0 radical (unpaired) electrons.